The minimum Gasteiger partial charge on any atom is -0.308 e. The first-order valence-electron chi connectivity index (χ1n) is 5.60. The van der Waals surface area contributed by atoms with Gasteiger partial charge in [-0.25, -0.2) is 24.6 Å². The zero-order valence-corrected chi connectivity index (χ0v) is 11.0. The van der Waals surface area contributed by atoms with Gasteiger partial charge >= 0.3 is 0 Å². The van der Waals surface area contributed by atoms with E-state index in [2.05, 4.69) is 15.4 Å². The highest BCUT2D eigenvalue weighted by atomic mass is 32.2. The van der Waals surface area contributed by atoms with Gasteiger partial charge in [0.1, 0.15) is 28.3 Å². The number of hydrogen-bond acceptors (Lipinski definition) is 5. The summed E-state index contributed by atoms with van der Waals surface area (Å²) < 4.78 is 26.6. The second kappa shape index (κ2) is 5.94. The first-order valence-corrected chi connectivity index (χ1v) is 6.41. The van der Waals surface area contributed by atoms with Gasteiger partial charge in [-0.1, -0.05) is 18.7 Å². The van der Waals surface area contributed by atoms with Gasteiger partial charge in [0, 0.05) is 12.5 Å². The van der Waals surface area contributed by atoms with Gasteiger partial charge in [0.2, 0.25) is 0 Å². The monoisotopic (exact) mass is 282 g/mol. The van der Waals surface area contributed by atoms with Crippen molar-refractivity contribution in [1.29, 1.82) is 0 Å². The number of rotatable bonds is 4. The van der Waals surface area contributed by atoms with Crippen LogP contribution >= 0.6 is 11.8 Å². The van der Waals surface area contributed by atoms with E-state index in [-0.39, 0.29) is 4.90 Å². The molecule has 0 fully saturated rings. The van der Waals surface area contributed by atoms with Crippen molar-refractivity contribution in [2.45, 2.75) is 23.3 Å². The molecule has 19 heavy (non-hydrogen) atoms. The molecule has 3 N–H and O–H groups in total. The number of hydrazine groups is 1. The maximum absolute atomic E-state index is 13.5. The Morgan fingerprint density at radius 1 is 1.26 bits per heavy atom. The number of hydrogen-bond donors (Lipinski definition) is 2. The predicted octanol–water partition coefficient (Wildman–Crippen LogP) is 2.75. The normalized spacial score (nSPS) is 10.5. The molecule has 2 rings (SSSR count). The Bertz CT molecular complexity index is 570. The molecule has 0 radical (unpaired) electrons. The number of aryl methyl sites for hydroxylation is 1. The molecule has 0 atom stereocenters. The van der Waals surface area contributed by atoms with Crippen LogP contribution in [0.4, 0.5) is 14.6 Å². The Labute approximate surface area is 113 Å². The van der Waals surface area contributed by atoms with Crippen LogP contribution in [0.1, 0.15) is 12.7 Å². The lowest BCUT2D eigenvalue weighted by Gasteiger charge is -2.07. The lowest BCUT2D eigenvalue weighted by atomic mass is 10.3. The van der Waals surface area contributed by atoms with Crippen molar-refractivity contribution in [3.63, 3.8) is 0 Å². The molecule has 4 nitrogen and oxygen atoms in total. The Morgan fingerprint density at radius 3 is 2.74 bits per heavy atom. The Morgan fingerprint density at radius 2 is 2.05 bits per heavy atom. The van der Waals surface area contributed by atoms with Crippen molar-refractivity contribution >= 4 is 17.6 Å². The molecule has 0 spiro atoms. The third-order valence-corrected chi connectivity index (χ3v) is 3.27. The molecule has 0 saturated heterocycles. The maximum Gasteiger partial charge on any atom is 0.144 e. The summed E-state index contributed by atoms with van der Waals surface area (Å²) in [5.74, 6) is 5.33. The van der Waals surface area contributed by atoms with E-state index in [4.69, 9.17) is 5.84 Å². The number of halogens is 2. The molecule has 1 heterocycles. The molecule has 0 amide bonds. The summed E-state index contributed by atoms with van der Waals surface area (Å²) in [7, 11) is 0. The van der Waals surface area contributed by atoms with E-state index in [1.165, 1.54) is 0 Å². The molecule has 0 aliphatic rings. The lowest BCUT2D eigenvalue weighted by Crippen LogP contribution is -2.10. The number of anilines is 1. The SMILES string of the molecule is CCc1nc(NN)cc(Sc2cc(F)ccc2F)n1. The van der Waals surface area contributed by atoms with Crippen molar-refractivity contribution < 1.29 is 8.78 Å². The van der Waals surface area contributed by atoms with E-state index in [0.717, 1.165) is 30.0 Å². The zero-order valence-electron chi connectivity index (χ0n) is 10.2. The summed E-state index contributed by atoms with van der Waals surface area (Å²) in [6, 6.07) is 4.86. The van der Waals surface area contributed by atoms with Crippen molar-refractivity contribution in [2.24, 2.45) is 5.84 Å². The summed E-state index contributed by atoms with van der Waals surface area (Å²) >= 11 is 1.03. The number of nitrogens with zero attached hydrogens (tertiary/aromatic N) is 2. The molecule has 0 aliphatic heterocycles. The van der Waals surface area contributed by atoms with E-state index < -0.39 is 11.6 Å². The van der Waals surface area contributed by atoms with Gasteiger partial charge in [-0.3, -0.25) is 0 Å². The van der Waals surface area contributed by atoms with Crippen LogP contribution in [0, 0.1) is 11.6 Å². The maximum atomic E-state index is 13.5. The van der Waals surface area contributed by atoms with Crippen LogP contribution in [0.25, 0.3) is 0 Å². The third-order valence-electron chi connectivity index (χ3n) is 2.32. The van der Waals surface area contributed by atoms with Crippen LogP contribution in [-0.2, 0) is 6.42 Å². The van der Waals surface area contributed by atoms with Crippen molar-refractivity contribution in [2.75, 3.05) is 5.43 Å². The van der Waals surface area contributed by atoms with Gasteiger partial charge in [0.25, 0.3) is 0 Å². The quantitative estimate of drug-likeness (QED) is 0.513. The van der Waals surface area contributed by atoms with E-state index >= 15 is 0 Å². The summed E-state index contributed by atoms with van der Waals surface area (Å²) in [5, 5.41) is 0.504. The van der Waals surface area contributed by atoms with E-state index in [1.807, 2.05) is 6.92 Å². The number of benzene rings is 1. The lowest BCUT2D eigenvalue weighted by molar-refractivity contribution is 0.577. The second-order valence-electron chi connectivity index (χ2n) is 3.68. The van der Waals surface area contributed by atoms with Crippen LogP contribution < -0.4 is 11.3 Å². The summed E-state index contributed by atoms with van der Waals surface area (Å²) in [4.78, 5) is 8.53. The van der Waals surface area contributed by atoms with Gasteiger partial charge in [-0.05, 0) is 18.2 Å². The molecule has 100 valence electrons. The summed E-state index contributed by atoms with van der Waals surface area (Å²) in [6.45, 7) is 1.90. The molecule has 0 unspecified atom stereocenters. The molecule has 0 aliphatic carbocycles. The summed E-state index contributed by atoms with van der Waals surface area (Å²) in [5.41, 5.74) is 2.42. The Kier molecular flexibility index (Phi) is 4.28. The largest absolute Gasteiger partial charge is 0.308 e. The fourth-order valence-electron chi connectivity index (χ4n) is 1.43. The van der Waals surface area contributed by atoms with Crippen LogP contribution in [0.3, 0.4) is 0 Å². The standard InChI is InChI=1S/C12H12F2N4S/c1-2-10-16-11(18-15)6-12(17-10)19-9-5-7(13)3-4-8(9)14/h3-6H,2,15H2,1H3,(H,16,17,18). The van der Waals surface area contributed by atoms with Crippen molar-refractivity contribution in [1.82, 2.24) is 9.97 Å². The van der Waals surface area contributed by atoms with Crippen molar-refractivity contribution in [3.8, 4) is 0 Å². The average molecular weight is 282 g/mol. The van der Waals surface area contributed by atoms with Crippen LogP contribution in [0.15, 0.2) is 34.2 Å². The summed E-state index contributed by atoms with van der Waals surface area (Å²) in [6.07, 6.45) is 0.620. The van der Waals surface area contributed by atoms with Crippen LogP contribution in [0.5, 0.6) is 0 Å². The minimum absolute atomic E-state index is 0.170. The fraction of sp³-hybridized carbons (Fsp3) is 0.167. The van der Waals surface area contributed by atoms with Crippen molar-refractivity contribution in [3.05, 3.63) is 41.7 Å². The Hall–Kier alpha value is -1.73. The molecule has 2 aromatic rings. The molecular formula is C12H12F2N4S. The Balaban J connectivity index is 2.34. The first kappa shape index (κ1) is 13.7. The van der Waals surface area contributed by atoms with Gasteiger partial charge in [0.15, 0.2) is 0 Å². The number of nitrogen functional groups attached to an aromatic ring is 1. The van der Waals surface area contributed by atoms with E-state index in [0.29, 0.717) is 23.1 Å². The van der Waals surface area contributed by atoms with E-state index in [9.17, 15) is 8.78 Å². The van der Waals surface area contributed by atoms with Gasteiger partial charge in [-0.15, -0.1) is 0 Å². The smallest absolute Gasteiger partial charge is 0.144 e. The zero-order chi connectivity index (χ0) is 13.8. The van der Waals surface area contributed by atoms with Crippen LogP contribution in [0.2, 0.25) is 0 Å². The fourth-order valence-corrected chi connectivity index (χ4v) is 2.31. The van der Waals surface area contributed by atoms with Crippen LogP contribution in [-0.4, -0.2) is 9.97 Å². The van der Waals surface area contributed by atoms with Gasteiger partial charge < -0.3 is 5.43 Å². The number of nitrogens with one attached hydrogen (secondary N) is 1. The topological polar surface area (TPSA) is 63.8 Å². The highest BCUT2D eigenvalue weighted by Gasteiger charge is 2.09. The third kappa shape index (κ3) is 3.39. The van der Waals surface area contributed by atoms with Gasteiger partial charge in [0.05, 0.1) is 4.90 Å². The van der Waals surface area contributed by atoms with Gasteiger partial charge in [-0.2, -0.15) is 0 Å². The minimum atomic E-state index is -0.495. The molecule has 7 heteroatoms. The average Bonchev–Trinajstić information content (AvgIpc) is 2.42. The molecule has 0 saturated carbocycles. The number of aromatic nitrogens is 2. The first-order chi connectivity index (χ1) is 9.12. The number of nitrogens with two attached hydrogens (primary N) is 1. The molecule has 1 aromatic carbocycles. The second-order valence-corrected chi connectivity index (χ2v) is 4.74. The highest BCUT2D eigenvalue weighted by Crippen LogP contribution is 2.30. The molecule has 1 aromatic heterocycles. The molecular weight excluding hydrogens is 270 g/mol. The predicted molar refractivity (Wildman–Crippen MR) is 69.7 cm³/mol. The highest BCUT2D eigenvalue weighted by molar-refractivity contribution is 7.99. The van der Waals surface area contributed by atoms with E-state index in [1.54, 1.807) is 6.07 Å². The molecule has 0 bridgehead atoms.